The first-order valence-electron chi connectivity index (χ1n) is 7.01. The van der Waals surface area contributed by atoms with E-state index in [0.717, 1.165) is 31.4 Å². The molecular formula is C15H20N2O3. The van der Waals surface area contributed by atoms with Gasteiger partial charge in [-0.25, -0.2) is 0 Å². The van der Waals surface area contributed by atoms with Crippen molar-refractivity contribution in [2.75, 3.05) is 13.6 Å². The zero-order chi connectivity index (χ0) is 14.5. The quantitative estimate of drug-likeness (QED) is 0.612. The van der Waals surface area contributed by atoms with Gasteiger partial charge in [0.25, 0.3) is 5.69 Å². The number of likely N-dealkylation sites (N-methyl/N-ethyl adjacent to an activating group) is 1. The summed E-state index contributed by atoms with van der Waals surface area (Å²) in [6, 6.07) is 7.22. The molecule has 0 radical (unpaired) electrons. The number of carbonyl (C=O) groups is 1. The fourth-order valence-electron chi connectivity index (χ4n) is 2.64. The van der Waals surface area contributed by atoms with Crippen molar-refractivity contribution in [2.24, 2.45) is 0 Å². The number of hydrogen-bond donors (Lipinski definition) is 0. The van der Waals surface area contributed by atoms with Gasteiger partial charge in [-0.15, -0.1) is 0 Å². The lowest BCUT2D eigenvalue weighted by atomic mass is 9.93. The van der Waals surface area contributed by atoms with Gasteiger partial charge in [0.1, 0.15) is 5.78 Å². The fraction of sp³-hybridized carbons (Fsp3) is 0.533. The highest BCUT2D eigenvalue weighted by atomic mass is 16.6. The third-order valence-electron chi connectivity index (χ3n) is 4.04. The van der Waals surface area contributed by atoms with Gasteiger partial charge in [0.15, 0.2) is 0 Å². The minimum absolute atomic E-state index is 0.132. The van der Waals surface area contributed by atoms with Crippen LogP contribution in [0, 0.1) is 10.1 Å². The van der Waals surface area contributed by atoms with E-state index in [9.17, 15) is 14.9 Å². The molecule has 1 aliphatic carbocycles. The molecule has 1 aliphatic rings. The zero-order valence-electron chi connectivity index (χ0n) is 11.7. The average molecular weight is 276 g/mol. The van der Waals surface area contributed by atoms with Gasteiger partial charge in [-0.05, 0) is 31.9 Å². The van der Waals surface area contributed by atoms with Crippen LogP contribution in [0.25, 0.3) is 0 Å². The molecule has 0 aliphatic heterocycles. The Morgan fingerprint density at radius 2 is 1.85 bits per heavy atom. The van der Waals surface area contributed by atoms with Crippen LogP contribution in [0.1, 0.15) is 31.2 Å². The number of benzene rings is 1. The van der Waals surface area contributed by atoms with Crippen molar-refractivity contribution < 1.29 is 9.72 Å². The van der Waals surface area contributed by atoms with Crippen LogP contribution in [0.15, 0.2) is 24.3 Å². The summed E-state index contributed by atoms with van der Waals surface area (Å²) in [6.45, 7) is 0.913. The van der Waals surface area contributed by atoms with Crippen molar-refractivity contribution in [1.29, 1.82) is 0 Å². The molecule has 1 fully saturated rings. The molecule has 0 amide bonds. The van der Waals surface area contributed by atoms with E-state index in [1.165, 1.54) is 0 Å². The number of Topliss-reactive ketones (excluding diaryl/α,β-unsaturated/α-hetero) is 1. The Bertz CT molecular complexity index is 474. The van der Waals surface area contributed by atoms with E-state index in [2.05, 4.69) is 11.9 Å². The van der Waals surface area contributed by atoms with Crippen LogP contribution >= 0.6 is 0 Å². The first kappa shape index (κ1) is 14.7. The number of ketones is 1. The molecule has 5 heteroatoms. The summed E-state index contributed by atoms with van der Waals surface area (Å²) in [7, 11) is 2.09. The first-order valence-corrected chi connectivity index (χ1v) is 7.01. The average Bonchev–Trinajstić information content (AvgIpc) is 2.46. The Balaban J connectivity index is 1.82. The molecule has 0 N–H and O–H groups in total. The van der Waals surface area contributed by atoms with Crippen molar-refractivity contribution in [2.45, 2.75) is 38.1 Å². The Kier molecular flexibility index (Phi) is 4.84. The van der Waals surface area contributed by atoms with E-state index < -0.39 is 0 Å². The number of nitro benzene ring substituents is 1. The van der Waals surface area contributed by atoms with Crippen molar-refractivity contribution in [1.82, 2.24) is 4.90 Å². The van der Waals surface area contributed by atoms with Gasteiger partial charge < -0.3 is 4.90 Å². The smallest absolute Gasteiger partial charge is 0.269 e. The highest BCUT2D eigenvalue weighted by Gasteiger charge is 2.21. The molecule has 0 spiro atoms. The highest BCUT2D eigenvalue weighted by molar-refractivity contribution is 5.79. The monoisotopic (exact) mass is 276 g/mol. The summed E-state index contributed by atoms with van der Waals surface area (Å²) in [5, 5.41) is 10.6. The number of rotatable bonds is 5. The Morgan fingerprint density at radius 3 is 2.40 bits per heavy atom. The second kappa shape index (κ2) is 6.61. The summed E-state index contributed by atoms with van der Waals surface area (Å²) in [4.78, 5) is 23.7. The summed E-state index contributed by atoms with van der Waals surface area (Å²) in [5.74, 6) is 0.380. The topological polar surface area (TPSA) is 63.4 Å². The van der Waals surface area contributed by atoms with Gasteiger partial charge in [-0.1, -0.05) is 12.1 Å². The standard InChI is InChI=1S/C15H20N2O3/c1-16(13-6-8-15(18)9-7-13)11-10-12-2-4-14(5-3-12)17(19)20/h2-5,13H,6-11H2,1H3. The number of nitrogens with zero attached hydrogens (tertiary/aromatic N) is 2. The summed E-state index contributed by atoms with van der Waals surface area (Å²) in [6.07, 6.45) is 4.18. The van der Waals surface area contributed by atoms with Gasteiger partial charge in [-0.2, -0.15) is 0 Å². The molecule has 0 heterocycles. The van der Waals surface area contributed by atoms with Crippen LogP contribution in [0.2, 0.25) is 0 Å². The molecule has 0 aromatic heterocycles. The molecule has 1 saturated carbocycles. The first-order chi connectivity index (χ1) is 9.56. The fourth-order valence-corrected chi connectivity index (χ4v) is 2.64. The van der Waals surface area contributed by atoms with Gasteiger partial charge in [0, 0.05) is 37.6 Å². The molecule has 0 bridgehead atoms. The number of nitro groups is 1. The predicted octanol–water partition coefficient (Wildman–Crippen LogP) is 2.58. The van der Waals surface area contributed by atoms with Crippen LogP contribution < -0.4 is 0 Å². The van der Waals surface area contributed by atoms with Gasteiger partial charge >= 0.3 is 0 Å². The molecule has 1 aromatic rings. The van der Waals surface area contributed by atoms with E-state index in [1.807, 2.05) is 12.1 Å². The van der Waals surface area contributed by atoms with Crippen molar-refractivity contribution >= 4 is 11.5 Å². The summed E-state index contributed by atoms with van der Waals surface area (Å²) < 4.78 is 0. The van der Waals surface area contributed by atoms with Crippen LogP contribution in [0.4, 0.5) is 5.69 Å². The maximum atomic E-state index is 11.2. The van der Waals surface area contributed by atoms with Crippen LogP contribution in [-0.2, 0) is 11.2 Å². The van der Waals surface area contributed by atoms with Crippen molar-refractivity contribution in [3.8, 4) is 0 Å². The van der Waals surface area contributed by atoms with Crippen molar-refractivity contribution in [3.63, 3.8) is 0 Å². The van der Waals surface area contributed by atoms with Crippen molar-refractivity contribution in [3.05, 3.63) is 39.9 Å². The lowest BCUT2D eigenvalue weighted by Crippen LogP contribution is -2.36. The number of non-ortho nitro benzene ring substituents is 1. The largest absolute Gasteiger partial charge is 0.303 e. The van der Waals surface area contributed by atoms with E-state index in [4.69, 9.17) is 0 Å². The predicted molar refractivity (Wildman–Crippen MR) is 76.7 cm³/mol. The minimum Gasteiger partial charge on any atom is -0.303 e. The van der Waals surface area contributed by atoms with Crippen LogP contribution in [-0.4, -0.2) is 35.2 Å². The lowest BCUT2D eigenvalue weighted by molar-refractivity contribution is -0.384. The Morgan fingerprint density at radius 1 is 1.25 bits per heavy atom. The highest BCUT2D eigenvalue weighted by Crippen LogP contribution is 2.20. The molecule has 0 saturated heterocycles. The second-order valence-corrected chi connectivity index (χ2v) is 5.42. The normalized spacial score (nSPS) is 16.6. The Labute approximate surface area is 118 Å². The Hall–Kier alpha value is -1.75. The molecule has 2 rings (SSSR count). The molecule has 1 aromatic carbocycles. The van der Waals surface area contributed by atoms with Gasteiger partial charge in [0.05, 0.1) is 4.92 Å². The van der Waals surface area contributed by atoms with E-state index in [0.29, 0.717) is 24.7 Å². The van der Waals surface area contributed by atoms with Crippen LogP contribution in [0.5, 0.6) is 0 Å². The number of carbonyl (C=O) groups excluding carboxylic acids is 1. The minimum atomic E-state index is -0.380. The zero-order valence-corrected chi connectivity index (χ0v) is 11.7. The summed E-state index contributed by atoms with van der Waals surface area (Å²) in [5.41, 5.74) is 1.24. The second-order valence-electron chi connectivity index (χ2n) is 5.42. The molecule has 0 unspecified atom stereocenters. The SMILES string of the molecule is CN(CCc1ccc([N+](=O)[O-])cc1)C1CCC(=O)CC1. The van der Waals surface area contributed by atoms with Gasteiger partial charge in [0.2, 0.25) is 0 Å². The maximum Gasteiger partial charge on any atom is 0.269 e. The van der Waals surface area contributed by atoms with E-state index >= 15 is 0 Å². The molecule has 0 atom stereocenters. The summed E-state index contributed by atoms with van der Waals surface area (Å²) >= 11 is 0. The lowest BCUT2D eigenvalue weighted by Gasteiger charge is -2.30. The molecule has 108 valence electrons. The maximum absolute atomic E-state index is 11.2. The molecule has 20 heavy (non-hydrogen) atoms. The number of hydrogen-bond acceptors (Lipinski definition) is 4. The molecule has 5 nitrogen and oxygen atoms in total. The van der Waals surface area contributed by atoms with Gasteiger partial charge in [-0.3, -0.25) is 14.9 Å². The third kappa shape index (κ3) is 3.87. The van der Waals surface area contributed by atoms with Crippen LogP contribution in [0.3, 0.4) is 0 Å². The molecular weight excluding hydrogens is 256 g/mol. The van der Waals surface area contributed by atoms with E-state index in [-0.39, 0.29) is 10.6 Å². The van der Waals surface area contributed by atoms with E-state index in [1.54, 1.807) is 12.1 Å². The third-order valence-corrected chi connectivity index (χ3v) is 4.04.